The molecule has 2 aromatic rings. The van der Waals surface area contributed by atoms with E-state index in [4.69, 9.17) is 0 Å². The van der Waals surface area contributed by atoms with E-state index < -0.39 is 21.3 Å². The van der Waals surface area contributed by atoms with Gasteiger partial charge >= 0.3 is 265 Å². The molecule has 0 aliphatic heterocycles. The molecule has 3 heteroatoms. The summed E-state index contributed by atoms with van der Waals surface area (Å²) in [4.78, 5) is 0. The number of hydrogen-bond donors (Lipinski definition) is 0. The molecular weight excluding hydrogens is 655 g/mol. The Hall–Kier alpha value is -1.27. The van der Waals surface area contributed by atoms with E-state index in [-0.39, 0.29) is 41.1 Å². The second-order valence-electron chi connectivity index (χ2n) is 16.3. The SMILES string of the molecule is CC1=CC(C)(C)c2cc3c(cc21)-c1cc2c(cc1C3)C(C)(C)[C]([Zr+2]([C]1=CC(C(C)(C)C)=CC1C)=[C]1CCCCC1)=C2C.[Cl-].[Cl-]. The Bertz CT molecular complexity index is 1720. The fourth-order valence-electron chi connectivity index (χ4n) is 9.14. The van der Waals surface area contributed by atoms with Gasteiger partial charge in [-0.05, 0) is 0 Å². The molecule has 0 spiro atoms. The molecule has 0 N–H and O–H groups in total. The number of halogens is 2. The monoisotopic (exact) mass is 702 g/mol. The summed E-state index contributed by atoms with van der Waals surface area (Å²) < 4.78 is 5.74. The van der Waals surface area contributed by atoms with Crippen molar-refractivity contribution in [2.24, 2.45) is 11.3 Å². The van der Waals surface area contributed by atoms with Gasteiger partial charge in [-0.2, -0.15) is 0 Å². The predicted octanol–water partition coefficient (Wildman–Crippen LogP) is 5.24. The van der Waals surface area contributed by atoms with Gasteiger partial charge < -0.3 is 24.8 Å². The van der Waals surface area contributed by atoms with Crippen LogP contribution < -0.4 is 24.8 Å². The van der Waals surface area contributed by atoms with Gasteiger partial charge in [0.2, 0.25) is 0 Å². The molecule has 5 aliphatic rings. The molecule has 0 bridgehead atoms. The average Bonchev–Trinajstić information content (AvgIpc) is 3.59. The largest absolute Gasteiger partial charge is 1.00 e. The van der Waals surface area contributed by atoms with Crippen molar-refractivity contribution >= 4 is 14.4 Å². The number of fused-ring (bicyclic) bond motifs is 5. The third-order valence-electron chi connectivity index (χ3n) is 11.4. The molecular formula is C41H50Cl2Zr. The minimum atomic E-state index is -2.29. The minimum Gasteiger partial charge on any atom is -1.00 e. The van der Waals surface area contributed by atoms with Crippen LogP contribution in [0.15, 0.2) is 54.6 Å². The summed E-state index contributed by atoms with van der Waals surface area (Å²) in [5.74, 6) is 0.586. The molecule has 0 amide bonds. The average molecular weight is 705 g/mol. The molecule has 232 valence electrons. The van der Waals surface area contributed by atoms with Crippen molar-refractivity contribution < 1.29 is 46.1 Å². The maximum atomic E-state index is 2.70. The number of hydrogen-bond acceptors (Lipinski definition) is 0. The summed E-state index contributed by atoms with van der Waals surface area (Å²) in [5, 5.41) is 0. The summed E-state index contributed by atoms with van der Waals surface area (Å²) in [6.07, 6.45) is 15.8. The summed E-state index contributed by atoms with van der Waals surface area (Å²) in [6, 6.07) is 10.4. The molecule has 0 nitrogen and oxygen atoms in total. The first-order valence-electron chi connectivity index (χ1n) is 16.6. The van der Waals surface area contributed by atoms with Crippen LogP contribution in [0.4, 0.5) is 0 Å². The summed E-state index contributed by atoms with van der Waals surface area (Å²) in [6.45, 7) is 24.4. The Balaban J connectivity index is 0.00000192. The molecule has 44 heavy (non-hydrogen) atoms. The van der Waals surface area contributed by atoms with E-state index >= 15 is 0 Å². The van der Waals surface area contributed by atoms with Crippen LogP contribution >= 0.6 is 0 Å². The molecule has 0 radical (unpaired) electrons. The normalized spacial score (nSPS) is 22.1. The standard InChI is InChI=1S/C25H25.C10H15.C6H10.2ClH.Zr/c1-14-12-24(3,4)22-8-16-7-17-9-23-19(15(2)13-25(23,5)6)11-21(17)20(16)10-18(14)22;1-8-5-6-9(7-8)10(2,3)4;1-2-4-6-5-3-1;;;/h8-12H,7H2,1-6H3;6-8H,1-4H3;1-5H2;2*1H;/q;;;;;+2/p-2. The van der Waals surface area contributed by atoms with Gasteiger partial charge in [0.25, 0.3) is 0 Å². The van der Waals surface area contributed by atoms with Crippen molar-refractivity contribution in [3.63, 3.8) is 0 Å². The van der Waals surface area contributed by atoms with Crippen molar-refractivity contribution in [2.75, 3.05) is 0 Å². The van der Waals surface area contributed by atoms with Crippen LogP contribution in [0.3, 0.4) is 0 Å². The van der Waals surface area contributed by atoms with E-state index in [1.807, 2.05) is 9.77 Å². The van der Waals surface area contributed by atoms with Crippen LogP contribution in [-0.4, -0.2) is 3.21 Å². The Kier molecular flexibility index (Phi) is 8.88. The zero-order chi connectivity index (χ0) is 29.9. The van der Waals surface area contributed by atoms with Crippen LogP contribution in [0.25, 0.3) is 22.3 Å². The Morgan fingerprint density at radius 3 is 1.95 bits per heavy atom. The molecule has 0 aromatic heterocycles. The maximum Gasteiger partial charge on any atom is -1.00 e. The quantitative estimate of drug-likeness (QED) is 0.343. The zero-order valence-corrected chi connectivity index (χ0v) is 32.6. The van der Waals surface area contributed by atoms with Crippen LogP contribution in [0.5, 0.6) is 0 Å². The number of rotatable bonds is 2. The van der Waals surface area contributed by atoms with Gasteiger partial charge in [-0.1, -0.05) is 0 Å². The first-order valence-corrected chi connectivity index (χ1v) is 20.3. The number of allylic oxidation sites excluding steroid dienone is 8. The van der Waals surface area contributed by atoms with Gasteiger partial charge in [0.1, 0.15) is 0 Å². The molecule has 7 rings (SSSR count). The van der Waals surface area contributed by atoms with Gasteiger partial charge in [0.05, 0.1) is 0 Å². The van der Waals surface area contributed by atoms with Crippen molar-refractivity contribution in [3.8, 4) is 11.1 Å². The van der Waals surface area contributed by atoms with Gasteiger partial charge in [0, 0.05) is 0 Å². The van der Waals surface area contributed by atoms with E-state index in [0.717, 1.165) is 6.42 Å². The Morgan fingerprint density at radius 1 is 0.773 bits per heavy atom. The molecule has 0 heterocycles. The molecule has 1 unspecified atom stereocenters. The predicted molar refractivity (Wildman–Crippen MR) is 180 cm³/mol. The van der Waals surface area contributed by atoms with Crippen molar-refractivity contribution in [3.05, 3.63) is 88.0 Å². The third kappa shape index (κ3) is 5.15. The van der Waals surface area contributed by atoms with Gasteiger partial charge in [-0.3, -0.25) is 0 Å². The second-order valence-corrected chi connectivity index (χ2v) is 22.5. The van der Waals surface area contributed by atoms with Crippen LogP contribution in [-0.2, 0) is 38.5 Å². The van der Waals surface area contributed by atoms with Crippen molar-refractivity contribution in [1.82, 2.24) is 0 Å². The third-order valence-corrected chi connectivity index (χ3v) is 20.9. The fourth-order valence-corrected chi connectivity index (χ4v) is 19.0. The topological polar surface area (TPSA) is 0 Å². The molecule has 0 saturated heterocycles. The van der Waals surface area contributed by atoms with Crippen molar-refractivity contribution in [2.45, 2.75) is 119 Å². The molecule has 1 saturated carbocycles. The van der Waals surface area contributed by atoms with E-state index in [9.17, 15) is 0 Å². The van der Waals surface area contributed by atoms with Crippen LogP contribution in [0.1, 0.15) is 135 Å². The first kappa shape index (κ1) is 34.1. The van der Waals surface area contributed by atoms with Gasteiger partial charge in [-0.25, -0.2) is 0 Å². The summed E-state index contributed by atoms with van der Waals surface area (Å²) in [5.41, 5.74) is 17.3. The molecule has 2 aromatic carbocycles. The van der Waals surface area contributed by atoms with E-state index in [1.54, 1.807) is 27.8 Å². The van der Waals surface area contributed by atoms with Gasteiger partial charge in [0.15, 0.2) is 0 Å². The minimum absolute atomic E-state index is 0. The zero-order valence-electron chi connectivity index (χ0n) is 28.6. The summed E-state index contributed by atoms with van der Waals surface area (Å²) in [7, 11) is 0. The van der Waals surface area contributed by atoms with E-state index in [1.165, 1.54) is 65.5 Å². The van der Waals surface area contributed by atoms with E-state index in [0.29, 0.717) is 5.92 Å². The maximum absolute atomic E-state index is 2.70. The Morgan fingerprint density at radius 2 is 1.36 bits per heavy atom. The van der Waals surface area contributed by atoms with E-state index in [2.05, 4.69) is 112 Å². The number of benzene rings is 2. The van der Waals surface area contributed by atoms with Crippen molar-refractivity contribution in [1.29, 1.82) is 0 Å². The second kappa shape index (κ2) is 11.5. The van der Waals surface area contributed by atoms with Crippen LogP contribution in [0, 0.1) is 11.3 Å². The summed E-state index contributed by atoms with van der Waals surface area (Å²) >= 11 is -2.29. The molecule has 1 fully saturated rings. The van der Waals surface area contributed by atoms with Crippen LogP contribution in [0.2, 0.25) is 0 Å². The fraction of sp³-hybridized carbons (Fsp3) is 0.488. The molecule has 1 atom stereocenters. The first-order chi connectivity index (χ1) is 19.7. The Labute approximate surface area is 287 Å². The molecule has 5 aliphatic carbocycles. The van der Waals surface area contributed by atoms with Gasteiger partial charge in [-0.15, -0.1) is 0 Å². The smallest absolute Gasteiger partial charge is 1.00 e.